The van der Waals surface area contributed by atoms with E-state index in [1.165, 1.54) is 0 Å². The van der Waals surface area contributed by atoms with E-state index in [0.29, 0.717) is 51.9 Å². The number of halogens is 6. The molecular weight excluding hydrogens is 494 g/mol. The van der Waals surface area contributed by atoms with Crippen LogP contribution in [0.3, 0.4) is 0 Å². The Bertz CT molecular complexity index is 1140. The maximum atomic E-state index is 13.4. The van der Waals surface area contributed by atoms with Gasteiger partial charge < -0.3 is 9.80 Å². The maximum absolute atomic E-state index is 13.4. The molecule has 1 amide bonds. The van der Waals surface area contributed by atoms with E-state index in [2.05, 4.69) is 15.1 Å². The summed E-state index contributed by atoms with van der Waals surface area (Å²) in [5.74, 6) is -0.215. The molecular formula is C22H24F6N6O2. The fourth-order valence-electron chi connectivity index (χ4n) is 4.78. The number of hydrogen-bond donors (Lipinski definition) is 1. The second-order valence-electron chi connectivity index (χ2n) is 8.91. The third-order valence-electron chi connectivity index (χ3n) is 6.59. The number of rotatable bonds is 5. The van der Waals surface area contributed by atoms with Crippen LogP contribution < -0.4 is 10.5 Å². The fraction of sp³-hybridized carbons (Fsp3) is 0.591. The number of piperazine rings is 1. The molecule has 2 aromatic rings. The van der Waals surface area contributed by atoms with E-state index in [1.54, 1.807) is 9.80 Å². The zero-order valence-electron chi connectivity index (χ0n) is 19.1. The van der Waals surface area contributed by atoms with Crippen LogP contribution in [0.15, 0.2) is 17.2 Å². The molecule has 4 rings (SSSR count). The summed E-state index contributed by atoms with van der Waals surface area (Å²) in [5.41, 5.74) is -3.14. The first-order valence-corrected chi connectivity index (χ1v) is 11.6. The van der Waals surface area contributed by atoms with Gasteiger partial charge in [-0.25, -0.2) is 15.1 Å². The van der Waals surface area contributed by atoms with Crippen molar-refractivity contribution >= 4 is 11.9 Å². The summed E-state index contributed by atoms with van der Waals surface area (Å²) < 4.78 is 78.1. The summed E-state index contributed by atoms with van der Waals surface area (Å²) in [7, 11) is 0. The standard InChI is InChI=1S/C22H24F6N6O2/c23-21(24,25)14-11-29-20(30-12-14)34-9-7-33(8-10-34)16(35)6-2-4-13-3-1-5-15-17(22(26,27)28)19(36)32-31-18(13)15/h11-13H,1-10H2,(H,32,36). The lowest BCUT2D eigenvalue weighted by Crippen LogP contribution is -2.49. The summed E-state index contributed by atoms with van der Waals surface area (Å²) in [6.45, 7) is 1.44. The van der Waals surface area contributed by atoms with Crippen molar-refractivity contribution in [3.05, 3.63) is 45.1 Å². The number of nitrogens with zero attached hydrogens (tertiary/aromatic N) is 5. The Morgan fingerprint density at radius 2 is 1.69 bits per heavy atom. The van der Waals surface area contributed by atoms with Crippen molar-refractivity contribution in [1.82, 2.24) is 25.1 Å². The molecule has 0 radical (unpaired) electrons. The summed E-state index contributed by atoms with van der Waals surface area (Å²) in [5, 5.41) is 5.88. The molecule has 14 heteroatoms. The maximum Gasteiger partial charge on any atom is 0.422 e. The van der Waals surface area contributed by atoms with E-state index in [1.807, 2.05) is 5.10 Å². The molecule has 196 valence electrons. The van der Waals surface area contributed by atoms with E-state index < -0.39 is 29.0 Å². The van der Waals surface area contributed by atoms with Gasteiger partial charge in [-0.3, -0.25) is 9.59 Å². The average molecular weight is 518 g/mol. The highest BCUT2D eigenvalue weighted by Gasteiger charge is 2.40. The van der Waals surface area contributed by atoms with Crippen molar-refractivity contribution in [2.45, 2.75) is 56.8 Å². The SMILES string of the molecule is O=C(CCCC1CCCc2c1n[nH]c(=O)c2C(F)(F)F)N1CCN(c2ncc(C(F)(F)F)cn2)CC1. The number of alkyl halides is 6. The lowest BCUT2D eigenvalue weighted by Gasteiger charge is -2.35. The van der Waals surface area contributed by atoms with Crippen LogP contribution in [0.5, 0.6) is 0 Å². The van der Waals surface area contributed by atoms with Crippen molar-refractivity contribution in [2.75, 3.05) is 31.1 Å². The summed E-state index contributed by atoms with van der Waals surface area (Å²) in [6.07, 6.45) is -5.42. The van der Waals surface area contributed by atoms with Crippen molar-refractivity contribution in [3.63, 3.8) is 0 Å². The number of aromatic nitrogens is 4. The minimum Gasteiger partial charge on any atom is -0.339 e. The van der Waals surface area contributed by atoms with Crippen LogP contribution in [0.2, 0.25) is 0 Å². The Balaban J connectivity index is 1.29. The fourth-order valence-corrected chi connectivity index (χ4v) is 4.78. The summed E-state index contributed by atoms with van der Waals surface area (Å²) in [4.78, 5) is 35.3. The van der Waals surface area contributed by atoms with Gasteiger partial charge in [0.2, 0.25) is 11.9 Å². The van der Waals surface area contributed by atoms with E-state index in [-0.39, 0.29) is 41.9 Å². The largest absolute Gasteiger partial charge is 0.422 e. The van der Waals surface area contributed by atoms with E-state index >= 15 is 0 Å². The van der Waals surface area contributed by atoms with Gasteiger partial charge in [-0.15, -0.1) is 0 Å². The second kappa shape index (κ2) is 10.1. The molecule has 1 unspecified atom stereocenters. The Morgan fingerprint density at radius 1 is 1.03 bits per heavy atom. The van der Waals surface area contributed by atoms with Crippen LogP contribution in [-0.2, 0) is 23.6 Å². The number of hydrogen-bond acceptors (Lipinski definition) is 6. The van der Waals surface area contributed by atoms with Crippen LogP contribution >= 0.6 is 0 Å². The highest BCUT2D eigenvalue weighted by atomic mass is 19.4. The number of anilines is 1. The number of aromatic amines is 1. The number of amides is 1. The van der Waals surface area contributed by atoms with Gasteiger partial charge in [-0.2, -0.15) is 31.4 Å². The van der Waals surface area contributed by atoms with Gasteiger partial charge in [-0.1, -0.05) is 0 Å². The molecule has 36 heavy (non-hydrogen) atoms. The number of H-pyrrole nitrogens is 1. The first-order chi connectivity index (χ1) is 16.9. The molecule has 2 aliphatic rings. The third-order valence-corrected chi connectivity index (χ3v) is 6.59. The molecule has 1 N–H and O–H groups in total. The second-order valence-corrected chi connectivity index (χ2v) is 8.91. The van der Waals surface area contributed by atoms with Crippen LogP contribution in [0.25, 0.3) is 0 Å². The quantitative estimate of drug-likeness (QED) is 0.609. The molecule has 8 nitrogen and oxygen atoms in total. The molecule has 1 aliphatic carbocycles. The highest BCUT2D eigenvalue weighted by molar-refractivity contribution is 5.76. The molecule has 1 saturated heterocycles. The van der Waals surface area contributed by atoms with Crippen LogP contribution in [0.1, 0.15) is 60.4 Å². The lowest BCUT2D eigenvalue weighted by atomic mass is 9.82. The molecule has 1 atom stereocenters. The Kier molecular flexibility index (Phi) is 7.23. The smallest absolute Gasteiger partial charge is 0.339 e. The monoisotopic (exact) mass is 518 g/mol. The van der Waals surface area contributed by atoms with Gasteiger partial charge in [0.05, 0.1) is 11.3 Å². The minimum atomic E-state index is -4.76. The lowest BCUT2D eigenvalue weighted by molar-refractivity contribution is -0.140. The van der Waals surface area contributed by atoms with Gasteiger partial charge >= 0.3 is 12.4 Å². The van der Waals surface area contributed by atoms with Crippen LogP contribution in [0, 0.1) is 0 Å². The van der Waals surface area contributed by atoms with E-state index in [0.717, 1.165) is 12.4 Å². The van der Waals surface area contributed by atoms with Crippen molar-refractivity contribution < 1.29 is 31.1 Å². The number of carbonyl (C=O) groups is 1. The van der Waals surface area contributed by atoms with Gasteiger partial charge in [0, 0.05) is 50.9 Å². The molecule has 0 spiro atoms. The molecule has 0 bridgehead atoms. The van der Waals surface area contributed by atoms with Crippen LogP contribution in [0.4, 0.5) is 32.3 Å². The normalized spacial score (nSPS) is 18.8. The summed E-state index contributed by atoms with van der Waals surface area (Å²) in [6, 6.07) is 0. The molecule has 0 aromatic carbocycles. The van der Waals surface area contributed by atoms with Gasteiger partial charge in [-0.05, 0) is 37.7 Å². The zero-order chi connectivity index (χ0) is 26.1. The van der Waals surface area contributed by atoms with Gasteiger partial charge in [0.15, 0.2) is 0 Å². The number of fused-ring (bicyclic) bond motifs is 1. The van der Waals surface area contributed by atoms with E-state index in [9.17, 15) is 35.9 Å². The predicted octanol–water partition coefficient (Wildman–Crippen LogP) is 3.54. The first kappa shape index (κ1) is 25.9. The topological polar surface area (TPSA) is 95.1 Å². The number of carbonyl (C=O) groups excluding carboxylic acids is 1. The molecule has 0 saturated carbocycles. The molecule has 1 aliphatic heterocycles. The van der Waals surface area contributed by atoms with Crippen LogP contribution in [-0.4, -0.2) is 57.2 Å². The van der Waals surface area contributed by atoms with Crippen molar-refractivity contribution in [1.29, 1.82) is 0 Å². The van der Waals surface area contributed by atoms with Gasteiger partial charge in [0.25, 0.3) is 5.56 Å². The van der Waals surface area contributed by atoms with Crippen molar-refractivity contribution in [2.24, 2.45) is 0 Å². The number of nitrogens with one attached hydrogen (secondary N) is 1. The highest BCUT2D eigenvalue weighted by Crippen LogP contribution is 2.39. The first-order valence-electron chi connectivity index (χ1n) is 11.6. The Hall–Kier alpha value is -3.19. The molecule has 2 aromatic heterocycles. The Morgan fingerprint density at radius 3 is 2.31 bits per heavy atom. The minimum absolute atomic E-state index is 0.0459. The molecule has 3 heterocycles. The average Bonchev–Trinajstić information content (AvgIpc) is 2.82. The zero-order valence-corrected chi connectivity index (χ0v) is 19.1. The predicted molar refractivity (Wildman–Crippen MR) is 115 cm³/mol. The molecule has 1 fully saturated rings. The Labute approximate surface area is 201 Å². The third kappa shape index (κ3) is 5.62. The van der Waals surface area contributed by atoms with E-state index in [4.69, 9.17) is 0 Å². The summed E-state index contributed by atoms with van der Waals surface area (Å²) >= 11 is 0. The van der Waals surface area contributed by atoms with Crippen molar-refractivity contribution in [3.8, 4) is 0 Å². The van der Waals surface area contributed by atoms with Gasteiger partial charge in [0.1, 0.15) is 5.56 Å².